The molecule has 1 atom stereocenters. The van der Waals surface area contributed by atoms with Gasteiger partial charge < -0.3 is 19.7 Å². The maximum absolute atomic E-state index is 12.5. The molecule has 1 amide bonds. The van der Waals surface area contributed by atoms with Crippen LogP contribution in [0.25, 0.3) is 0 Å². The van der Waals surface area contributed by atoms with Crippen LogP contribution < -0.4 is 5.32 Å². The quantitative estimate of drug-likeness (QED) is 0.693. The van der Waals surface area contributed by atoms with E-state index in [9.17, 15) is 15.2 Å². The Morgan fingerprint density at radius 2 is 2.24 bits per heavy atom. The minimum Gasteiger partial charge on any atom is -0.395 e. The van der Waals surface area contributed by atoms with Crippen molar-refractivity contribution in [2.45, 2.75) is 45.7 Å². The molecule has 0 bridgehead atoms. The van der Waals surface area contributed by atoms with Gasteiger partial charge >= 0.3 is 0 Å². The van der Waals surface area contributed by atoms with Crippen LogP contribution in [0.15, 0.2) is 0 Å². The third-order valence-corrected chi connectivity index (χ3v) is 4.99. The Morgan fingerprint density at radius 1 is 1.48 bits per heavy atom. The highest BCUT2D eigenvalue weighted by molar-refractivity contribution is 5.93. The maximum atomic E-state index is 12.5. The lowest BCUT2D eigenvalue weighted by Crippen LogP contribution is -2.38. The molecule has 0 spiro atoms. The zero-order chi connectivity index (χ0) is 18.4. The minimum atomic E-state index is -0.151. The molecule has 0 aromatic carbocycles. The summed E-state index contributed by atoms with van der Waals surface area (Å²) < 4.78 is 7.09. The fourth-order valence-corrected chi connectivity index (χ4v) is 3.44. The van der Waals surface area contributed by atoms with E-state index in [1.54, 1.807) is 7.11 Å². The zero-order valence-corrected chi connectivity index (χ0v) is 15.3. The van der Waals surface area contributed by atoms with Gasteiger partial charge in [0.05, 0.1) is 18.7 Å². The number of rotatable bonds is 8. The first kappa shape index (κ1) is 19.4. The van der Waals surface area contributed by atoms with E-state index in [0.717, 1.165) is 37.1 Å². The monoisotopic (exact) mass is 348 g/mol. The number of anilines is 1. The van der Waals surface area contributed by atoms with Crippen LogP contribution in [0.4, 0.5) is 5.82 Å². The van der Waals surface area contributed by atoms with Gasteiger partial charge in [-0.3, -0.25) is 9.69 Å². The van der Waals surface area contributed by atoms with Crippen molar-refractivity contribution in [3.05, 3.63) is 16.8 Å². The Bertz CT molecular complexity index is 648. The van der Waals surface area contributed by atoms with Crippen molar-refractivity contribution in [2.75, 3.05) is 38.7 Å². The summed E-state index contributed by atoms with van der Waals surface area (Å²) in [5, 5.41) is 21.8. The van der Waals surface area contributed by atoms with Crippen LogP contribution in [-0.4, -0.2) is 59.9 Å². The molecule has 0 radical (unpaired) electrons. The minimum absolute atomic E-state index is 0.0538. The predicted octanol–water partition coefficient (Wildman–Crippen LogP) is 1.41. The summed E-state index contributed by atoms with van der Waals surface area (Å²) in [7, 11) is 1.66. The molecule has 1 saturated heterocycles. The molecule has 0 saturated carbocycles. The number of aliphatic hydroxyl groups is 1. The van der Waals surface area contributed by atoms with E-state index in [1.165, 1.54) is 0 Å². The number of hydrogen-bond donors (Lipinski definition) is 2. The molecule has 1 aromatic rings. The van der Waals surface area contributed by atoms with E-state index < -0.39 is 0 Å². The first-order valence-corrected chi connectivity index (χ1v) is 8.77. The van der Waals surface area contributed by atoms with Crippen molar-refractivity contribution < 1.29 is 14.6 Å². The number of nitrogens with zero attached hydrogens (tertiary/aromatic N) is 3. The van der Waals surface area contributed by atoms with E-state index in [2.05, 4.69) is 11.4 Å². The molecule has 138 valence electrons. The van der Waals surface area contributed by atoms with Crippen LogP contribution >= 0.6 is 0 Å². The van der Waals surface area contributed by atoms with Crippen LogP contribution in [0.2, 0.25) is 0 Å². The Kier molecular flexibility index (Phi) is 7.00. The average Bonchev–Trinajstić information content (AvgIpc) is 3.12. The van der Waals surface area contributed by atoms with Gasteiger partial charge in [-0.15, -0.1) is 0 Å². The molecule has 2 N–H and O–H groups in total. The van der Waals surface area contributed by atoms with Crippen LogP contribution in [0.1, 0.15) is 36.1 Å². The first-order chi connectivity index (χ1) is 12.0. The molecule has 2 heterocycles. The largest absolute Gasteiger partial charge is 0.395 e. The Labute approximate surface area is 149 Å². The van der Waals surface area contributed by atoms with Gasteiger partial charge in [-0.25, -0.2) is 0 Å². The van der Waals surface area contributed by atoms with Crippen molar-refractivity contribution in [3.8, 4) is 6.07 Å². The van der Waals surface area contributed by atoms with Gasteiger partial charge in [0.2, 0.25) is 5.91 Å². The number of amides is 1. The fourth-order valence-electron chi connectivity index (χ4n) is 3.44. The molecule has 2 rings (SSSR count). The molecule has 7 heteroatoms. The van der Waals surface area contributed by atoms with Crippen molar-refractivity contribution in [1.29, 1.82) is 5.26 Å². The van der Waals surface area contributed by atoms with Crippen molar-refractivity contribution in [3.63, 3.8) is 0 Å². The topological polar surface area (TPSA) is 90.5 Å². The van der Waals surface area contributed by atoms with E-state index >= 15 is 0 Å². The van der Waals surface area contributed by atoms with Crippen molar-refractivity contribution in [2.24, 2.45) is 0 Å². The van der Waals surface area contributed by atoms with Gasteiger partial charge in [-0.2, -0.15) is 5.26 Å². The normalized spacial score (nSPS) is 17.6. The highest BCUT2D eigenvalue weighted by atomic mass is 16.5. The summed E-state index contributed by atoms with van der Waals surface area (Å²) in [5.41, 5.74) is 2.39. The Hall–Kier alpha value is -1.88. The lowest BCUT2D eigenvalue weighted by molar-refractivity contribution is -0.117. The van der Waals surface area contributed by atoms with Crippen molar-refractivity contribution in [1.82, 2.24) is 9.47 Å². The zero-order valence-electron chi connectivity index (χ0n) is 15.3. The summed E-state index contributed by atoms with van der Waals surface area (Å²) in [6, 6.07) is 2.27. The van der Waals surface area contributed by atoms with E-state index in [4.69, 9.17) is 4.74 Å². The molecule has 0 unspecified atom stereocenters. The molecule has 1 aromatic heterocycles. The molecular formula is C18H28N4O3. The van der Waals surface area contributed by atoms with Crippen LogP contribution in [-0.2, 0) is 16.1 Å². The summed E-state index contributed by atoms with van der Waals surface area (Å²) in [5.74, 6) is 0.417. The van der Waals surface area contributed by atoms with Crippen molar-refractivity contribution >= 4 is 11.7 Å². The van der Waals surface area contributed by atoms with Gasteiger partial charge in [0.25, 0.3) is 0 Å². The Balaban J connectivity index is 2.15. The number of hydrogen-bond acceptors (Lipinski definition) is 5. The van der Waals surface area contributed by atoms with Crippen LogP contribution in [0.3, 0.4) is 0 Å². The highest BCUT2D eigenvalue weighted by Gasteiger charge is 2.26. The number of carbonyl (C=O) groups excluding carboxylic acids is 1. The average molecular weight is 348 g/mol. The summed E-state index contributed by atoms with van der Waals surface area (Å²) >= 11 is 0. The molecule has 25 heavy (non-hydrogen) atoms. The van der Waals surface area contributed by atoms with E-state index in [-0.39, 0.29) is 25.1 Å². The van der Waals surface area contributed by atoms with Gasteiger partial charge in [0.1, 0.15) is 11.9 Å². The molecular weight excluding hydrogens is 320 g/mol. The third kappa shape index (κ3) is 4.40. The number of likely N-dealkylation sites (tertiary alicyclic amines) is 1. The molecule has 1 aliphatic heterocycles. The van der Waals surface area contributed by atoms with Gasteiger partial charge in [0, 0.05) is 32.0 Å². The lowest BCUT2D eigenvalue weighted by atomic mass is 10.2. The van der Waals surface area contributed by atoms with Gasteiger partial charge in [0.15, 0.2) is 0 Å². The van der Waals surface area contributed by atoms with E-state index in [0.29, 0.717) is 24.5 Å². The van der Waals surface area contributed by atoms with E-state index in [1.807, 2.05) is 23.3 Å². The second-order valence-electron chi connectivity index (χ2n) is 6.54. The second kappa shape index (κ2) is 8.99. The summed E-state index contributed by atoms with van der Waals surface area (Å²) in [6.07, 6.45) is 2.71. The van der Waals surface area contributed by atoms with Gasteiger partial charge in [-0.1, -0.05) is 0 Å². The van der Waals surface area contributed by atoms with Crippen LogP contribution in [0.5, 0.6) is 0 Å². The number of carbonyl (C=O) groups is 1. The molecule has 0 aliphatic carbocycles. The number of methoxy groups -OCH3 is 1. The SMILES string of the molecule is COCCCn1c(C)c(C)c(C#N)c1NC(=O)CN1CCC[C@H]1CO. The number of nitrogens with one attached hydrogen (secondary N) is 1. The predicted molar refractivity (Wildman–Crippen MR) is 95.4 cm³/mol. The molecule has 1 fully saturated rings. The first-order valence-electron chi connectivity index (χ1n) is 8.77. The van der Waals surface area contributed by atoms with Crippen LogP contribution in [0, 0.1) is 25.2 Å². The van der Waals surface area contributed by atoms with Gasteiger partial charge in [-0.05, 0) is 45.2 Å². The smallest absolute Gasteiger partial charge is 0.239 e. The number of aromatic nitrogens is 1. The fraction of sp³-hybridized carbons (Fsp3) is 0.667. The Morgan fingerprint density at radius 3 is 2.88 bits per heavy atom. The maximum Gasteiger partial charge on any atom is 0.239 e. The summed E-state index contributed by atoms with van der Waals surface area (Å²) in [6.45, 7) is 6.29. The lowest BCUT2D eigenvalue weighted by Gasteiger charge is -2.22. The number of nitriles is 1. The number of ether oxygens (including phenoxy) is 1. The molecule has 1 aliphatic rings. The molecule has 7 nitrogen and oxygen atoms in total. The third-order valence-electron chi connectivity index (χ3n) is 4.99. The summed E-state index contributed by atoms with van der Waals surface area (Å²) in [4.78, 5) is 14.5. The standard InChI is InChI=1S/C18H28N4O3/c1-13-14(2)22(8-5-9-25-3)18(16(13)10-19)20-17(24)11-21-7-4-6-15(21)12-23/h15,23H,4-9,11-12H2,1-3H3,(H,20,24)/t15-/m0/s1. The highest BCUT2D eigenvalue weighted by Crippen LogP contribution is 2.27. The second-order valence-corrected chi connectivity index (χ2v) is 6.54. The number of aliphatic hydroxyl groups excluding tert-OH is 1.